The van der Waals surface area contributed by atoms with Crippen molar-refractivity contribution < 1.29 is 78.2 Å². The highest BCUT2D eigenvalue weighted by atomic mass is 16.5. The number of nitrogens with two attached hydrogens (primary N) is 1. The van der Waals surface area contributed by atoms with Gasteiger partial charge in [-0.1, -0.05) is 17.2 Å². The Balaban J connectivity index is 2.01. The fraction of sp³-hybridized carbons (Fsp3) is 0.625. The molecule has 0 spiro atoms. The third-order valence-corrected chi connectivity index (χ3v) is 9.10. The van der Waals surface area contributed by atoms with Crippen LogP contribution < -0.4 is 27.0 Å². The number of ether oxygens (including phenoxy) is 3. The number of azide groups is 1. The third-order valence-electron chi connectivity index (χ3n) is 9.10. The Bertz CT molecular complexity index is 1800. The van der Waals surface area contributed by atoms with E-state index in [2.05, 4.69) is 31.3 Å². The van der Waals surface area contributed by atoms with Crippen LogP contribution in [0.5, 0.6) is 0 Å². The zero-order valence-electron chi connectivity index (χ0n) is 37.9. The van der Waals surface area contributed by atoms with Crippen LogP contribution in [-0.2, 0) is 52.6 Å². The maximum Gasteiger partial charge on any atom is 0.251 e. The van der Waals surface area contributed by atoms with E-state index in [4.69, 9.17) is 25.5 Å². The predicted molar refractivity (Wildman–Crippen MR) is 233 cm³/mol. The van der Waals surface area contributed by atoms with Crippen LogP contribution in [0.4, 0.5) is 5.69 Å². The quantitative estimate of drug-likeness (QED) is 0.00998. The topological polar surface area (TPSA) is 398 Å². The van der Waals surface area contributed by atoms with Gasteiger partial charge in [-0.2, -0.15) is 0 Å². The lowest BCUT2D eigenvalue weighted by Crippen LogP contribution is -2.34. The maximum atomic E-state index is 12.2. The smallest absolute Gasteiger partial charge is 0.251 e. The van der Waals surface area contributed by atoms with Crippen molar-refractivity contribution >= 4 is 58.9 Å². The van der Waals surface area contributed by atoms with Gasteiger partial charge in [0.1, 0.15) is 0 Å². The summed E-state index contributed by atoms with van der Waals surface area (Å²) in [5, 5.41) is 55.0. The molecular weight excluding hydrogens is 905 g/mol. The Morgan fingerprint density at radius 1 is 0.500 bits per heavy atom. The number of nitrogens with one attached hydrogen (secondary N) is 4. The molecule has 1 rings (SSSR count). The SMILES string of the molecule is [N-]=[N+]=Nc1ccc(C(=O)NCCOCCN(O)C(=O)CCC(=O)NCCOCCN(O)C(=O)CCC(=O)NCCCCCN(O)C(=O)CCC(=O)NCCOCCN(O)C(=O)CCC(N)=O)cc1. The molecule has 0 aliphatic rings. The molecule has 0 aliphatic heterocycles. The Morgan fingerprint density at radius 3 is 1.29 bits per heavy atom. The Hall–Kier alpha value is -6.52. The van der Waals surface area contributed by atoms with Crippen molar-refractivity contribution in [2.75, 3.05) is 92.0 Å². The first-order valence-corrected chi connectivity index (χ1v) is 21.8. The van der Waals surface area contributed by atoms with E-state index in [1.165, 1.54) is 24.3 Å². The number of carbonyl (C=O) groups is 9. The van der Waals surface area contributed by atoms with E-state index in [9.17, 15) is 64.0 Å². The Labute approximate surface area is 391 Å². The molecule has 10 N–H and O–H groups in total. The normalized spacial score (nSPS) is 10.5. The number of benzene rings is 1. The number of primary amides is 1. The van der Waals surface area contributed by atoms with Gasteiger partial charge in [-0.25, -0.2) is 20.3 Å². The largest absolute Gasteiger partial charge is 0.378 e. The number of rotatable bonds is 38. The van der Waals surface area contributed by atoms with Gasteiger partial charge in [-0.15, -0.1) is 0 Å². The van der Waals surface area contributed by atoms with Gasteiger partial charge in [0.15, 0.2) is 0 Å². The number of amides is 9. The minimum absolute atomic E-state index is 0.00952. The number of hydroxylamine groups is 8. The summed E-state index contributed by atoms with van der Waals surface area (Å²) in [6.07, 6.45) is -0.298. The van der Waals surface area contributed by atoms with Crippen LogP contribution in [0, 0.1) is 0 Å². The molecular formula is C40H64N12O16. The van der Waals surface area contributed by atoms with Crippen molar-refractivity contribution in [2.24, 2.45) is 10.8 Å². The van der Waals surface area contributed by atoms with Gasteiger partial charge in [-0.3, -0.25) is 64.0 Å². The molecule has 1 aromatic carbocycles. The number of unbranched alkanes of at least 4 members (excludes halogenated alkanes) is 2. The third kappa shape index (κ3) is 29.9. The molecule has 0 aliphatic carbocycles. The zero-order chi connectivity index (χ0) is 50.5. The summed E-state index contributed by atoms with van der Waals surface area (Å²) in [7, 11) is 0. The first kappa shape index (κ1) is 59.5. The lowest BCUT2D eigenvalue weighted by Gasteiger charge is -2.16. The fourth-order valence-corrected chi connectivity index (χ4v) is 5.32. The molecule has 0 saturated carbocycles. The van der Waals surface area contributed by atoms with Gasteiger partial charge >= 0.3 is 0 Å². The molecule has 9 amide bonds. The van der Waals surface area contributed by atoms with Gasteiger partial charge in [-0.05, 0) is 36.9 Å². The molecule has 28 heteroatoms. The predicted octanol–water partition coefficient (Wildman–Crippen LogP) is -0.596. The highest BCUT2D eigenvalue weighted by molar-refractivity contribution is 5.94. The molecule has 380 valence electrons. The highest BCUT2D eigenvalue weighted by Gasteiger charge is 2.17. The van der Waals surface area contributed by atoms with Crippen molar-refractivity contribution in [1.29, 1.82) is 0 Å². The summed E-state index contributed by atoms with van der Waals surface area (Å²) in [5.41, 5.74) is 14.1. The minimum Gasteiger partial charge on any atom is -0.378 e. The van der Waals surface area contributed by atoms with Crippen LogP contribution in [0.25, 0.3) is 10.4 Å². The molecule has 68 heavy (non-hydrogen) atoms. The van der Waals surface area contributed by atoms with Crippen LogP contribution in [-0.4, -0.2) is 186 Å². The second-order valence-electron chi connectivity index (χ2n) is 14.5. The maximum absolute atomic E-state index is 12.2. The average molecular weight is 969 g/mol. The lowest BCUT2D eigenvalue weighted by atomic mass is 10.2. The molecule has 0 atom stereocenters. The molecule has 0 bridgehead atoms. The molecule has 28 nitrogen and oxygen atoms in total. The molecule has 0 fully saturated rings. The van der Waals surface area contributed by atoms with E-state index in [1.54, 1.807) is 0 Å². The van der Waals surface area contributed by atoms with E-state index >= 15 is 0 Å². The first-order valence-electron chi connectivity index (χ1n) is 21.8. The van der Waals surface area contributed by atoms with Crippen LogP contribution in [0.1, 0.15) is 81.0 Å². The van der Waals surface area contributed by atoms with Crippen molar-refractivity contribution in [3.05, 3.63) is 40.3 Å². The van der Waals surface area contributed by atoms with Gasteiger partial charge in [0.2, 0.25) is 47.3 Å². The monoisotopic (exact) mass is 968 g/mol. The molecule has 0 aromatic heterocycles. The second-order valence-corrected chi connectivity index (χ2v) is 14.5. The molecule has 0 heterocycles. The van der Waals surface area contributed by atoms with Crippen molar-refractivity contribution in [1.82, 2.24) is 41.5 Å². The number of carbonyl (C=O) groups excluding carboxylic acids is 9. The van der Waals surface area contributed by atoms with Gasteiger partial charge in [0.05, 0.1) is 59.3 Å². The summed E-state index contributed by atoms with van der Waals surface area (Å²) < 4.78 is 15.8. The molecule has 0 saturated heterocycles. The summed E-state index contributed by atoms with van der Waals surface area (Å²) in [4.78, 5) is 110. The first-order chi connectivity index (χ1) is 32.5. The molecule has 0 unspecified atom stereocenters. The van der Waals surface area contributed by atoms with E-state index in [-0.39, 0.29) is 149 Å². The second kappa shape index (κ2) is 36.6. The van der Waals surface area contributed by atoms with Crippen molar-refractivity contribution in [3.8, 4) is 0 Å². The summed E-state index contributed by atoms with van der Waals surface area (Å²) in [5.74, 6) is -5.13. The van der Waals surface area contributed by atoms with Gasteiger partial charge in [0.25, 0.3) is 5.91 Å². The minimum atomic E-state index is -0.708. The highest BCUT2D eigenvalue weighted by Crippen LogP contribution is 2.13. The summed E-state index contributed by atoms with van der Waals surface area (Å²) in [6, 6.07) is 6.00. The Kier molecular flexibility index (Phi) is 32.0. The fourth-order valence-electron chi connectivity index (χ4n) is 5.32. The Morgan fingerprint density at radius 2 is 0.882 bits per heavy atom. The summed E-state index contributed by atoms with van der Waals surface area (Å²) >= 11 is 0. The molecule has 0 radical (unpaired) electrons. The summed E-state index contributed by atoms with van der Waals surface area (Å²) in [6.45, 7) is 0.188. The van der Waals surface area contributed by atoms with Crippen molar-refractivity contribution in [3.63, 3.8) is 0 Å². The number of hydrogen-bond donors (Lipinski definition) is 9. The zero-order valence-corrected chi connectivity index (χ0v) is 37.9. The number of hydrogen-bond acceptors (Lipinski definition) is 17. The van der Waals surface area contributed by atoms with Crippen LogP contribution in [0.15, 0.2) is 29.4 Å². The van der Waals surface area contributed by atoms with Gasteiger partial charge in [0, 0.05) is 100 Å². The standard InChI is InChI=1S/C40H64N12O16/c41-32(53)8-12-36(57)50(63)21-27-66-24-17-44-34(55)10-13-37(58)49(62)20-3-1-2-16-43-33(54)9-14-38(59)51(64)22-28-67-25-18-45-35(56)11-15-39(60)52(65)23-29-68-26-19-46-40(61)30-4-6-31(7-5-30)47-48-42/h4-7,62-65H,1-3,8-29H2,(H2,41,53)(H,43,54)(H,44,55)(H,45,56)(H,46,61). The van der Waals surface area contributed by atoms with E-state index in [0.29, 0.717) is 50.8 Å². The van der Waals surface area contributed by atoms with Crippen LogP contribution in [0.3, 0.4) is 0 Å². The van der Waals surface area contributed by atoms with Crippen LogP contribution >= 0.6 is 0 Å². The number of nitrogens with zero attached hydrogens (tertiary/aromatic N) is 7. The van der Waals surface area contributed by atoms with Crippen molar-refractivity contribution in [2.45, 2.75) is 70.6 Å². The van der Waals surface area contributed by atoms with Crippen LogP contribution in [0.2, 0.25) is 0 Å². The van der Waals surface area contributed by atoms with E-state index in [0.717, 1.165) is 0 Å². The lowest BCUT2D eigenvalue weighted by molar-refractivity contribution is -0.168. The average Bonchev–Trinajstić information content (AvgIpc) is 3.32. The molecule has 1 aromatic rings. The van der Waals surface area contributed by atoms with Gasteiger partial charge < -0.3 is 41.2 Å². The van der Waals surface area contributed by atoms with E-state index < -0.39 is 47.3 Å². The van der Waals surface area contributed by atoms with E-state index in [1.807, 2.05) is 0 Å².